The van der Waals surface area contributed by atoms with Crippen LogP contribution in [-0.2, 0) is 15.7 Å². The Morgan fingerprint density at radius 1 is 1.04 bits per heavy atom. The minimum atomic E-state index is -4.51. The van der Waals surface area contributed by atoms with E-state index in [1.54, 1.807) is 0 Å². The first-order chi connectivity index (χ1) is 12.7. The van der Waals surface area contributed by atoms with Gasteiger partial charge in [0.25, 0.3) is 5.91 Å². The molecule has 0 aliphatic carbocycles. The predicted octanol–water partition coefficient (Wildman–Crippen LogP) is 3.52. The largest absolute Gasteiger partial charge is 0.493 e. The standard InChI is InChI=1S/C18H16F3NO5/c1-25-14-7-6-11(17(24)26-2)8-15(14)27-10-16(23)22-13-5-3-4-12(9-13)18(19,20)21/h3-9H,10H2,1-2H3,(H,22,23). The van der Waals surface area contributed by atoms with Crippen LogP contribution in [0.15, 0.2) is 42.5 Å². The first-order valence-electron chi connectivity index (χ1n) is 7.61. The van der Waals surface area contributed by atoms with Gasteiger partial charge in [-0.2, -0.15) is 13.2 Å². The van der Waals surface area contributed by atoms with Crippen molar-refractivity contribution in [3.05, 3.63) is 53.6 Å². The number of hydrogen-bond acceptors (Lipinski definition) is 5. The molecule has 144 valence electrons. The van der Waals surface area contributed by atoms with E-state index in [0.717, 1.165) is 12.1 Å². The monoisotopic (exact) mass is 383 g/mol. The van der Waals surface area contributed by atoms with Gasteiger partial charge in [0.2, 0.25) is 0 Å². The Morgan fingerprint density at radius 2 is 1.78 bits per heavy atom. The summed E-state index contributed by atoms with van der Waals surface area (Å²) in [5.74, 6) is -0.898. The number of alkyl halides is 3. The van der Waals surface area contributed by atoms with Crippen LogP contribution in [0.25, 0.3) is 0 Å². The molecule has 0 saturated heterocycles. The molecule has 1 N–H and O–H groups in total. The van der Waals surface area contributed by atoms with Crippen LogP contribution in [0.1, 0.15) is 15.9 Å². The molecule has 0 radical (unpaired) electrons. The van der Waals surface area contributed by atoms with Gasteiger partial charge in [0.15, 0.2) is 18.1 Å². The van der Waals surface area contributed by atoms with Gasteiger partial charge in [0, 0.05) is 5.69 Å². The Kier molecular flexibility index (Phi) is 6.27. The molecule has 0 heterocycles. The molecule has 0 bridgehead atoms. The minimum Gasteiger partial charge on any atom is -0.493 e. The number of anilines is 1. The van der Waals surface area contributed by atoms with E-state index in [9.17, 15) is 22.8 Å². The summed E-state index contributed by atoms with van der Waals surface area (Å²) in [4.78, 5) is 23.5. The zero-order valence-corrected chi connectivity index (χ0v) is 14.4. The Hall–Kier alpha value is -3.23. The van der Waals surface area contributed by atoms with Crippen molar-refractivity contribution in [3.8, 4) is 11.5 Å². The highest BCUT2D eigenvalue weighted by molar-refractivity contribution is 5.92. The Balaban J connectivity index is 2.06. The van der Waals surface area contributed by atoms with Crippen molar-refractivity contribution in [2.75, 3.05) is 26.1 Å². The van der Waals surface area contributed by atoms with E-state index < -0.39 is 30.2 Å². The fraction of sp³-hybridized carbons (Fsp3) is 0.222. The number of methoxy groups -OCH3 is 2. The molecule has 2 aromatic carbocycles. The fourth-order valence-corrected chi connectivity index (χ4v) is 2.15. The smallest absolute Gasteiger partial charge is 0.416 e. The summed E-state index contributed by atoms with van der Waals surface area (Å²) >= 11 is 0. The van der Waals surface area contributed by atoms with E-state index in [4.69, 9.17) is 9.47 Å². The SMILES string of the molecule is COC(=O)c1ccc(OC)c(OCC(=O)Nc2cccc(C(F)(F)F)c2)c1. The molecule has 0 saturated carbocycles. The minimum absolute atomic E-state index is 0.0197. The molecule has 0 aromatic heterocycles. The van der Waals surface area contributed by atoms with Crippen LogP contribution in [-0.4, -0.2) is 32.7 Å². The number of hydrogen-bond donors (Lipinski definition) is 1. The molecule has 0 aliphatic rings. The summed E-state index contributed by atoms with van der Waals surface area (Å²) in [5.41, 5.74) is -0.714. The Labute approximate surface area is 152 Å². The summed E-state index contributed by atoms with van der Waals surface area (Å²) in [6, 6.07) is 8.48. The number of rotatable bonds is 6. The molecule has 0 spiro atoms. The maximum absolute atomic E-state index is 12.7. The number of carbonyl (C=O) groups is 2. The van der Waals surface area contributed by atoms with Gasteiger partial charge in [-0.1, -0.05) is 6.07 Å². The van der Waals surface area contributed by atoms with Crippen molar-refractivity contribution < 1.29 is 37.0 Å². The summed E-state index contributed by atoms with van der Waals surface area (Å²) in [7, 11) is 2.60. The van der Waals surface area contributed by atoms with E-state index >= 15 is 0 Å². The van der Waals surface area contributed by atoms with Crippen molar-refractivity contribution in [1.82, 2.24) is 0 Å². The van der Waals surface area contributed by atoms with Gasteiger partial charge in [-0.05, 0) is 36.4 Å². The highest BCUT2D eigenvalue weighted by Crippen LogP contribution is 2.31. The number of benzene rings is 2. The van der Waals surface area contributed by atoms with Crippen LogP contribution in [0.5, 0.6) is 11.5 Å². The van der Waals surface area contributed by atoms with E-state index in [1.165, 1.54) is 44.6 Å². The zero-order chi connectivity index (χ0) is 20.0. The van der Waals surface area contributed by atoms with Crippen LogP contribution in [0, 0.1) is 0 Å². The average Bonchev–Trinajstić information content (AvgIpc) is 2.65. The maximum atomic E-state index is 12.7. The lowest BCUT2D eigenvalue weighted by Crippen LogP contribution is -2.20. The molecule has 27 heavy (non-hydrogen) atoms. The lowest BCUT2D eigenvalue weighted by molar-refractivity contribution is -0.137. The van der Waals surface area contributed by atoms with E-state index in [1.807, 2.05) is 0 Å². The molecule has 9 heteroatoms. The average molecular weight is 383 g/mol. The normalized spacial score (nSPS) is 10.9. The molecule has 2 aromatic rings. The molecule has 2 rings (SSSR count). The second-order valence-corrected chi connectivity index (χ2v) is 5.27. The summed E-state index contributed by atoms with van der Waals surface area (Å²) in [5, 5.41) is 2.31. The van der Waals surface area contributed by atoms with Gasteiger partial charge >= 0.3 is 12.1 Å². The van der Waals surface area contributed by atoms with Crippen LogP contribution < -0.4 is 14.8 Å². The number of esters is 1. The number of halogens is 3. The zero-order valence-electron chi connectivity index (χ0n) is 14.4. The maximum Gasteiger partial charge on any atom is 0.416 e. The highest BCUT2D eigenvalue weighted by atomic mass is 19.4. The van der Waals surface area contributed by atoms with E-state index in [2.05, 4.69) is 10.1 Å². The number of amides is 1. The number of carbonyl (C=O) groups excluding carboxylic acids is 2. The van der Waals surface area contributed by atoms with Crippen molar-refractivity contribution in [2.24, 2.45) is 0 Å². The van der Waals surface area contributed by atoms with Crippen molar-refractivity contribution >= 4 is 17.6 Å². The molecule has 1 amide bonds. The number of nitrogens with one attached hydrogen (secondary N) is 1. The third-order valence-electron chi connectivity index (χ3n) is 3.42. The quantitative estimate of drug-likeness (QED) is 0.773. The summed E-state index contributed by atoms with van der Waals surface area (Å²) in [6.07, 6.45) is -4.51. The highest BCUT2D eigenvalue weighted by Gasteiger charge is 2.30. The van der Waals surface area contributed by atoms with Gasteiger partial charge in [-0.15, -0.1) is 0 Å². The molecular formula is C18H16F3NO5. The van der Waals surface area contributed by atoms with Gasteiger partial charge in [0.1, 0.15) is 0 Å². The van der Waals surface area contributed by atoms with E-state index in [-0.39, 0.29) is 22.7 Å². The molecule has 0 unspecified atom stereocenters. The number of ether oxygens (including phenoxy) is 3. The second kappa shape index (κ2) is 8.43. The van der Waals surface area contributed by atoms with Gasteiger partial charge in [0.05, 0.1) is 25.3 Å². The molecular weight excluding hydrogens is 367 g/mol. The third-order valence-corrected chi connectivity index (χ3v) is 3.42. The molecule has 6 nitrogen and oxygen atoms in total. The third kappa shape index (κ3) is 5.37. The predicted molar refractivity (Wildman–Crippen MR) is 89.9 cm³/mol. The Morgan fingerprint density at radius 3 is 2.41 bits per heavy atom. The first kappa shape index (κ1) is 20.1. The molecule has 0 aliphatic heterocycles. The van der Waals surface area contributed by atoms with Crippen molar-refractivity contribution in [3.63, 3.8) is 0 Å². The van der Waals surface area contributed by atoms with Gasteiger partial charge in [-0.25, -0.2) is 4.79 Å². The lowest BCUT2D eigenvalue weighted by Gasteiger charge is -2.13. The van der Waals surface area contributed by atoms with Crippen molar-refractivity contribution in [2.45, 2.75) is 6.18 Å². The van der Waals surface area contributed by atoms with E-state index in [0.29, 0.717) is 0 Å². The van der Waals surface area contributed by atoms with Crippen LogP contribution in [0.3, 0.4) is 0 Å². The van der Waals surface area contributed by atoms with Gasteiger partial charge in [-0.3, -0.25) is 4.79 Å². The first-order valence-corrected chi connectivity index (χ1v) is 7.61. The van der Waals surface area contributed by atoms with Crippen molar-refractivity contribution in [1.29, 1.82) is 0 Å². The van der Waals surface area contributed by atoms with Crippen LogP contribution in [0.2, 0.25) is 0 Å². The summed E-state index contributed by atoms with van der Waals surface area (Å²) < 4.78 is 53.1. The van der Waals surface area contributed by atoms with Crippen LogP contribution >= 0.6 is 0 Å². The fourth-order valence-electron chi connectivity index (χ4n) is 2.15. The van der Waals surface area contributed by atoms with Crippen LogP contribution in [0.4, 0.5) is 18.9 Å². The summed E-state index contributed by atoms with van der Waals surface area (Å²) in [6.45, 7) is -0.503. The lowest BCUT2D eigenvalue weighted by atomic mass is 10.2. The second-order valence-electron chi connectivity index (χ2n) is 5.27. The molecule has 0 fully saturated rings. The van der Waals surface area contributed by atoms with Gasteiger partial charge < -0.3 is 19.5 Å². The topological polar surface area (TPSA) is 73.9 Å². The Bertz CT molecular complexity index is 836. The molecule has 0 atom stereocenters.